The molecule has 1 aliphatic rings. The summed E-state index contributed by atoms with van der Waals surface area (Å²) in [7, 11) is 0. The summed E-state index contributed by atoms with van der Waals surface area (Å²) in [6, 6.07) is 8.37. The van der Waals surface area contributed by atoms with Gasteiger partial charge in [-0.1, -0.05) is 36.4 Å². The molecule has 4 amide bonds. The highest BCUT2D eigenvalue weighted by molar-refractivity contribution is 6.09. The first-order valence-corrected chi connectivity index (χ1v) is 6.56. The van der Waals surface area contributed by atoms with Gasteiger partial charge in [-0.05, 0) is 12.5 Å². The van der Waals surface area contributed by atoms with Gasteiger partial charge in [0.05, 0.1) is 0 Å². The van der Waals surface area contributed by atoms with E-state index in [2.05, 4.69) is 17.2 Å². The van der Waals surface area contributed by atoms with E-state index in [1.54, 1.807) is 31.2 Å². The van der Waals surface area contributed by atoms with E-state index in [1.807, 2.05) is 6.07 Å². The molecular formula is C15H17N3O3. The standard InChI is InChI=1S/C15H17N3O3/c1-3-9-16-12(19)10-18-13(20)15(2,17-14(18)21)11-7-5-4-6-8-11/h3-8H,1,9-10H2,2H3,(H,16,19)(H,17,21). The van der Waals surface area contributed by atoms with E-state index in [0.717, 1.165) is 4.90 Å². The number of imide groups is 1. The Kier molecular flexibility index (Phi) is 4.07. The Labute approximate surface area is 122 Å². The molecule has 1 aromatic rings. The maximum atomic E-state index is 12.5. The van der Waals surface area contributed by atoms with Crippen LogP contribution in [0.1, 0.15) is 12.5 Å². The zero-order valence-electron chi connectivity index (χ0n) is 11.8. The largest absolute Gasteiger partial charge is 0.351 e. The Morgan fingerprint density at radius 3 is 2.67 bits per heavy atom. The van der Waals surface area contributed by atoms with Crippen molar-refractivity contribution in [3.05, 3.63) is 48.6 Å². The van der Waals surface area contributed by atoms with Gasteiger partial charge in [0.15, 0.2) is 0 Å². The maximum absolute atomic E-state index is 12.5. The molecule has 0 saturated carbocycles. The molecule has 1 aliphatic heterocycles. The fourth-order valence-electron chi connectivity index (χ4n) is 2.19. The summed E-state index contributed by atoms with van der Waals surface area (Å²) < 4.78 is 0. The molecule has 6 heteroatoms. The van der Waals surface area contributed by atoms with E-state index in [-0.39, 0.29) is 6.54 Å². The highest BCUT2D eigenvalue weighted by Crippen LogP contribution is 2.28. The van der Waals surface area contributed by atoms with Crippen molar-refractivity contribution in [3.63, 3.8) is 0 Å². The first-order chi connectivity index (χ1) is 9.99. The Balaban J connectivity index is 2.17. The van der Waals surface area contributed by atoms with E-state index in [0.29, 0.717) is 12.1 Å². The van der Waals surface area contributed by atoms with Gasteiger partial charge in [0.25, 0.3) is 5.91 Å². The third kappa shape index (κ3) is 2.79. The molecule has 0 aromatic heterocycles. The second-order valence-corrected chi connectivity index (χ2v) is 4.91. The number of benzene rings is 1. The van der Waals surface area contributed by atoms with Crippen LogP contribution in [-0.4, -0.2) is 35.8 Å². The van der Waals surface area contributed by atoms with Gasteiger partial charge in [-0.2, -0.15) is 0 Å². The van der Waals surface area contributed by atoms with Crippen LogP contribution in [0.4, 0.5) is 4.79 Å². The van der Waals surface area contributed by atoms with Gasteiger partial charge in [0.1, 0.15) is 12.1 Å². The Hall–Kier alpha value is -2.63. The topological polar surface area (TPSA) is 78.5 Å². The minimum absolute atomic E-state index is 0.290. The molecule has 0 aliphatic carbocycles. The van der Waals surface area contributed by atoms with Crippen LogP contribution in [0.3, 0.4) is 0 Å². The number of nitrogens with one attached hydrogen (secondary N) is 2. The van der Waals surface area contributed by atoms with Crippen LogP contribution in [0.2, 0.25) is 0 Å². The lowest BCUT2D eigenvalue weighted by molar-refractivity contribution is -0.134. The van der Waals surface area contributed by atoms with Crippen molar-refractivity contribution >= 4 is 17.8 Å². The molecule has 1 aromatic carbocycles. The number of rotatable bonds is 5. The third-order valence-corrected chi connectivity index (χ3v) is 3.37. The molecule has 1 fully saturated rings. The minimum atomic E-state index is -1.14. The van der Waals surface area contributed by atoms with E-state index in [4.69, 9.17) is 0 Å². The summed E-state index contributed by atoms with van der Waals surface area (Å²) >= 11 is 0. The molecule has 0 bridgehead atoms. The number of hydrogen-bond donors (Lipinski definition) is 2. The Morgan fingerprint density at radius 2 is 2.05 bits per heavy atom. The predicted octanol–water partition coefficient (Wildman–Crippen LogP) is 0.756. The van der Waals surface area contributed by atoms with E-state index < -0.39 is 23.4 Å². The van der Waals surface area contributed by atoms with Crippen molar-refractivity contribution in [1.29, 1.82) is 0 Å². The molecule has 0 spiro atoms. The van der Waals surface area contributed by atoms with Gasteiger partial charge in [-0.15, -0.1) is 6.58 Å². The smallest absolute Gasteiger partial charge is 0.325 e. The summed E-state index contributed by atoms with van der Waals surface area (Å²) in [6.45, 7) is 5.10. The summed E-state index contributed by atoms with van der Waals surface area (Å²) in [5.41, 5.74) is -0.464. The SMILES string of the molecule is C=CCNC(=O)CN1C(=O)NC(C)(c2ccccc2)C1=O. The van der Waals surface area contributed by atoms with Gasteiger partial charge in [-0.25, -0.2) is 4.79 Å². The van der Waals surface area contributed by atoms with Crippen LogP contribution in [0.15, 0.2) is 43.0 Å². The van der Waals surface area contributed by atoms with E-state index in [9.17, 15) is 14.4 Å². The Morgan fingerprint density at radius 1 is 1.38 bits per heavy atom. The molecule has 1 saturated heterocycles. The number of hydrogen-bond acceptors (Lipinski definition) is 3. The second-order valence-electron chi connectivity index (χ2n) is 4.91. The van der Waals surface area contributed by atoms with Gasteiger partial charge in [-0.3, -0.25) is 14.5 Å². The van der Waals surface area contributed by atoms with Crippen LogP contribution in [-0.2, 0) is 15.1 Å². The summed E-state index contributed by atoms with van der Waals surface area (Å²) in [4.78, 5) is 37.1. The van der Waals surface area contributed by atoms with Gasteiger partial charge >= 0.3 is 6.03 Å². The van der Waals surface area contributed by atoms with Gasteiger partial charge in [0.2, 0.25) is 5.91 Å². The highest BCUT2D eigenvalue weighted by Gasteiger charge is 2.49. The molecule has 21 heavy (non-hydrogen) atoms. The molecule has 1 atom stereocenters. The van der Waals surface area contributed by atoms with Crippen molar-refractivity contribution in [2.45, 2.75) is 12.5 Å². The quantitative estimate of drug-likeness (QED) is 0.620. The molecule has 2 N–H and O–H groups in total. The van der Waals surface area contributed by atoms with Gasteiger partial charge < -0.3 is 10.6 Å². The van der Waals surface area contributed by atoms with E-state index >= 15 is 0 Å². The zero-order chi connectivity index (χ0) is 15.5. The molecular weight excluding hydrogens is 270 g/mol. The molecule has 6 nitrogen and oxygen atoms in total. The average molecular weight is 287 g/mol. The molecule has 1 unspecified atom stereocenters. The van der Waals surface area contributed by atoms with Crippen LogP contribution >= 0.6 is 0 Å². The van der Waals surface area contributed by atoms with Crippen LogP contribution in [0, 0.1) is 0 Å². The van der Waals surface area contributed by atoms with Crippen molar-refractivity contribution < 1.29 is 14.4 Å². The number of carbonyl (C=O) groups excluding carboxylic acids is 3. The molecule has 0 radical (unpaired) electrons. The van der Waals surface area contributed by atoms with Crippen molar-refractivity contribution in [2.24, 2.45) is 0 Å². The number of urea groups is 1. The fourth-order valence-corrected chi connectivity index (χ4v) is 2.19. The summed E-state index contributed by atoms with van der Waals surface area (Å²) in [5.74, 6) is -0.844. The number of amides is 4. The second kappa shape index (κ2) is 5.78. The molecule has 110 valence electrons. The Bertz CT molecular complexity index is 585. The third-order valence-electron chi connectivity index (χ3n) is 3.37. The number of carbonyl (C=O) groups is 3. The lowest BCUT2D eigenvalue weighted by Gasteiger charge is -2.22. The monoisotopic (exact) mass is 287 g/mol. The normalized spacial score (nSPS) is 21.1. The first-order valence-electron chi connectivity index (χ1n) is 6.56. The lowest BCUT2D eigenvalue weighted by atomic mass is 9.92. The minimum Gasteiger partial charge on any atom is -0.351 e. The van der Waals surface area contributed by atoms with E-state index in [1.165, 1.54) is 6.08 Å². The van der Waals surface area contributed by atoms with Gasteiger partial charge in [0, 0.05) is 6.54 Å². The van der Waals surface area contributed by atoms with Crippen LogP contribution in [0.5, 0.6) is 0 Å². The maximum Gasteiger partial charge on any atom is 0.325 e. The average Bonchev–Trinajstić information content (AvgIpc) is 2.70. The summed E-state index contributed by atoms with van der Waals surface area (Å²) in [6.07, 6.45) is 1.53. The van der Waals surface area contributed by atoms with Crippen LogP contribution < -0.4 is 10.6 Å². The summed E-state index contributed by atoms with van der Waals surface area (Å²) in [5, 5.41) is 5.18. The number of nitrogens with zero attached hydrogens (tertiary/aromatic N) is 1. The highest BCUT2D eigenvalue weighted by atomic mass is 16.2. The first kappa shape index (κ1) is 14.8. The van der Waals surface area contributed by atoms with Crippen molar-refractivity contribution in [2.75, 3.05) is 13.1 Å². The fraction of sp³-hybridized carbons (Fsp3) is 0.267. The lowest BCUT2D eigenvalue weighted by Crippen LogP contribution is -2.43. The zero-order valence-corrected chi connectivity index (χ0v) is 11.8. The molecule has 1 heterocycles. The van der Waals surface area contributed by atoms with Crippen LogP contribution in [0.25, 0.3) is 0 Å². The molecule has 2 rings (SSSR count). The van der Waals surface area contributed by atoms with Crippen molar-refractivity contribution in [3.8, 4) is 0 Å². The predicted molar refractivity (Wildman–Crippen MR) is 77.2 cm³/mol. The van der Waals surface area contributed by atoms with Crippen molar-refractivity contribution in [1.82, 2.24) is 15.5 Å².